The summed E-state index contributed by atoms with van der Waals surface area (Å²) in [5.41, 5.74) is 0.421. The molecule has 5 heteroatoms. The van der Waals surface area contributed by atoms with Crippen molar-refractivity contribution in [2.45, 2.75) is 0 Å². The lowest BCUT2D eigenvalue weighted by Gasteiger charge is -2.07. The molecule has 0 aliphatic carbocycles. The Morgan fingerprint density at radius 1 is 1.31 bits per heavy atom. The standard InChI is InChI=1S/C8H8Cl2N2O/c1-11-8(13)12-7-5(9)3-2-4-6(7)10/h2-4H,1H3,(H2,11,12,13). The molecule has 0 bridgehead atoms. The third-order valence-electron chi connectivity index (χ3n) is 1.43. The number of urea groups is 1. The van der Waals surface area contributed by atoms with E-state index in [1.165, 1.54) is 7.05 Å². The molecule has 0 spiro atoms. The number of halogens is 2. The maximum atomic E-state index is 10.9. The van der Waals surface area contributed by atoms with Crippen LogP contribution in [0.15, 0.2) is 18.2 Å². The number of nitrogens with one attached hydrogen (secondary N) is 2. The molecule has 0 unspecified atom stereocenters. The number of amides is 2. The van der Waals surface area contributed by atoms with Gasteiger partial charge in [0.15, 0.2) is 0 Å². The fourth-order valence-corrected chi connectivity index (χ4v) is 1.29. The third-order valence-corrected chi connectivity index (χ3v) is 2.06. The number of carbonyl (C=O) groups excluding carboxylic acids is 1. The Morgan fingerprint density at radius 2 is 1.85 bits per heavy atom. The predicted octanol–water partition coefficient (Wildman–Crippen LogP) is 2.74. The first kappa shape index (κ1) is 10.2. The number of rotatable bonds is 1. The van der Waals surface area contributed by atoms with Crippen LogP contribution < -0.4 is 10.6 Å². The summed E-state index contributed by atoms with van der Waals surface area (Å²) in [6.45, 7) is 0. The minimum absolute atomic E-state index is 0.352. The zero-order chi connectivity index (χ0) is 9.84. The van der Waals surface area contributed by atoms with E-state index in [-0.39, 0.29) is 6.03 Å². The minimum atomic E-state index is -0.352. The molecule has 70 valence electrons. The molecule has 0 saturated carbocycles. The van der Waals surface area contributed by atoms with Crippen LogP contribution in [0.2, 0.25) is 10.0 Å². The minimum Gasteiger partial charge on any atom is -0.341 e. The lowest BCUT2D eigenvalue weighted by Crippen LogP contribution is -2.24. The van der Waals surface area contributed by atoms with Crippen LogP contribution in [-0.2, 0) is 0 Å². The highest BCUT2D eigenvalue weighted by Crippen LogP contribution is 2.29. The molecule has 0 aliphatic heterocycles. The third kappa shape index (κ3) is 2.50. The highest BCUT2D eigenvalue weighted by Gasteiger charge is 2.07. The fraction of sp³-hybridized carbons (Fsp3) is 0.125. The monoisotopic (exact) mass is 218 g/mol. The summed E-state index contributed by atoms with van der Waals surface area (Å²) in [5.74, 6) is 0. The second kappa shape index (κ2) is 4.35. The van der Waals surface area contributed by atoms with Gasteiger partial charge in [0.05, 0.1) is 15.7 Å². The summed E-state index contributed by atoms with van der Waals surface area (Å²) < 4.78 is 0. The van der Waals surface area contributed by atoms with Crippen molar-refractivity contribution in [2.24, 2.45) is 0 Å². The Kier molecular flexibility index (Phi) is 3.39. The lowest BCUT2D eigenvalue weighted by atomic mass is 10.3. The highest BCUT2D eigenvalue weighted by atomic mass is 35.5. The molecule has 0 aromatic heterocycles. The number of hydrogen-bond acceptors (Lipinski definition) is 1. The van der Waals surface area contributed by atoms with Gasteiger partial charge in [-0.15, -0.1) is 0 Å². The van der Waals surface area contributed by atoms with E-state index in [2.05, 4.69) is 10.6 Å². The Balaban J connectivity index is 2.93. The number of anilines is 1. The summed E-state index contributed by atoms with van der Waals surface area (Å²) >= 11 is 11.6. The van der Waals surface area contributed by atoms with Gasteiger partial charge in [-0.1, -0.05) is 29.3 Å². The molecule has 0 aliphatic rings. The summed E-state index contributed by atoms with van der Waals surface area (Å²) in [6, 6.07) is 4.66. The molecule has 0 radical (unpaired) electrons. The van der Waals surface area contributed by atoms with Gasteiger partial charge < -0.3 is 10.6 Å². The van der Waals surface area contributed by atoms with Crippen LogP contribution in [0.3, 0.4) is 0 Å². The van der Waals surface area contributed by atoms with E-state index in [9.17, 15) is 4.79 Å². The van der Waals surface area contributed by atoms with Crippen LogP contribution in [0.5, 0.6) is 0 Å². The molecule has 0 saturated heterocycles. The van der Waals surface area contributed by atoms with Crippen molar-refractivity contribution < 1.29 is 4.79 Å². The SMILES string of the molecule is CNC(=O)Nc1c(Cl)cccc1Cl. The van der Waals surface area contributed by atoms with Gasteiger partial charge in [-0.05, 0) is 12.1 Å². The van der Waals surface area contributed by atoms with Gasteiger partial charge in [-0.2, -0.15) is 0 Å². The van der Waals surface area contributed by atoms with Crippen molar-refractivity contribution in [1.29, 1.82) is 0 Å². The molecule has 0 heterocycles. The van der Waals surface area contributed by atoms with Crippen molar-refractivity contribution in [3.05, 3.63) is 28.2 Å². The normalized spacial score (nSPS) is 9.46. The van der Waals surface area contributed by atoms with Gasteiger partial charge in [0.2, 0.25) is 0 Å². The summed E-state index contributed by atoms with van der Waals surface area (Å²) in [7, 11) is 1.51. The van der Waals surface area contributed by atoms with Crippen LogP contribution in [0, 0.1) is 0 Å². The van der Waals surface area contributed by atoms with Crippen LogP contribution in [0.25, 0.3) is 0 Å². The van der Waals surface area contributed by atoms with Crippen molar-refractivity contribution in [3.8, 4) is 0 Å². The average Bonchev–Trinajstić information content (AvgIpc) is 2.11. The molecule has 0 fully saturated rings. The average molecular weight is 219 g/mol. The van der Waals surface area contributed by atoms with E-state index >= 15 is 0 Å². The topological polar surface area (TPSA) is 41.1 Å². The lowest BCUT2D eigenvalue weighted by molar-refractivity contribution is 0.254. The molecule has 0 atom stereocenters. The van der Waals surface area contributed by atoms with Crippen LogP contribution in [0.1, 0.15) is 0 Å². The van der Waals surface area contributed by atoms with E-state index < -0.39 is 0 Å². The summed E-state index contributed by atoms with van der Waals surface area (Å²) in [5, 5.41) is 5.74. The van der Waals surface area contributed by atoms with Crippen LogP contribution in [-0.4, -0.2) is 13.1 Å². The summed E-state index contributed by atoms with van der Waals surface area (Å²) in [6.07, 6.45) is 0. The number of carbonyl (C=O) groups is 1. The predicted molar refractivity (Wildman–Crippen MR) is 54.5 cm³/mol. The Bertz CT molecular complexity index is 308. The highest BCUT2D eigenvalue weighted by molar-refractivity contribution is 6.39. The zero-order valence-electron chi connectivity index (χ0n) is 6.90. The zero-order valence-corrected chi connectivity index (χ0v) is 8.41. The molecule has 1 aromatic rings. The number of hydrogen-bond donors (Lipinski definition) is 2. The molecule has 1 rings (SSSR count). The van der Waals surface area contributed by atoms with E-state index in [0.29, 0.717) is 15.7 Å². The van der Waals surface area contributed by atoms with Gasteiger partial charge in [-0.25, -0.2) is 4.79 Å². The maximum absolute atomic E-state index is 10.9. The number of para-hydroxylation sites is 1. The fourth-order valence-electron chi connectivity index (χ4n) is 0.793. The van der Waals surface area contributed by atoms with Crippen LogP contribution in [0.4, 0.5) is 10.5 Å². The second-order valence-electron chi connectivity index (χ2n) is 2.30. The van der Waals surface area contributed by atoms with E-state index in [0.717, 1.165) is 0 Å². The van der Waals surface area contributed by atoms with Gasteiger partial charge in [0, 0.05) is 7.05 Å². The second-order valence-corrected chi connectivity index (χ2v) is 3.12. The molecular formula is C8H8Cl2N2O. The van der Waals surface area contributed by atoms with E-state index in [4.69, 9.17) is 23.2 Å². The van der Waals surface area contributed by atoms with E-state index in [1.54, 1.807) is 18.2 Å². The molecule has 13 heavy (non-hydrogen) atoms. The molecular weight excluding hydrogens is 211 g/mol. The smallest absolute Gasteiger partial charge is 0.319 e. The Hall–Kier alpha value is -0.930. The first-order valence-electron chi connectivity index (χ1n) is 3.58. The summed E-state index contributed by atoms with van der Waals surface area (Å²) in [4.78, 5) is 10.9. The van der Waals surface area contributed by atoms with Crippen LogP contribution >= 0.6 is 23.2 Å². The van der Waals surface area contributed by atoms with E-state index in [1.807, 2.05) is 0 Å². The maximum Gasteiger partial charge on any atom is 0.319 e. The largest absolute Gasteiger partial charge is 0.341 e. The molecule has 2 amide bonds. The van der Waals surface area contributed by atoms with Crippen molar-refractivity contribution >= 4 is 34.9 Å². The van der Waals surface area contributed by atoms with Crippen molar-refractivity contribution in [3.63, 3.8) is 0 Å². The molecule has 3 nitrogen and oxygen atoms in total. The van der Waals surface area contributed by atoms with Crippen molar-refractivity contribution in [2.75, 3.05) is 12.4 Å². The van der Waals surface area contributed by atoms with Gasteiger partial charge in [-0.3, -0.25) is 0 Å². The van der Waals surface area contributed by atoms with Gasteiger partial charge in [0.25, 0.3) is 0 Å². The quantitative estimate of drug-likeness (QED) is 0.748. The van der Waals surface area contributed by atoms with Gasteiger partial charge >= 0.3 is 6.03 Å². The first-order chi connectivity index (χ1) is 6.15. The Morgan fingerprint density at radius 3 is 2.31 bits per heavy atom. The number of benzene rings is 1. The molecule has 1 aromatic carbocycles. The Labute approximate surface area is 86.0 Å². The van der Waals surface area contributed by atoms with Crippen molar-refractivity contribution in [1.82, 2.24) is 5.32 Å². The van der Waals surface area contributed by atoms with Gasteiger partial charge in [0.1, 0.15) is 0 Å². The molecule has 2 N–H and O–H groups in total. The first-order valence-corrected chi connectivity index (χ1v) is 4.33.